The van der Waals surface area contributed by atoms with Gasteiger partial charge in [-0.3, -0.25) is 4.57 Å². The third-order valence-electron chi connectivity index (χ3n) is 4.81. The van der Waals surface area contributed by atoms with Gasteiger partial charge in [0.2, 0.25) is 0 Å². The molecule has 1 amide bonds. The smallest absolute Gasteiger partial charge is 0.410 e. The number of aromatic nitrogens is 2. The van der Waals surface area contributed by atoms with Gasteiger partial charge in [0.05, 0.1) is 11.8 Å². The largest absolute Gasteiger partial charge is 0.444 e. The number of ether oxygens (including phenoxy) is 1. The predicted octanol–water partition coefficient (Wildman–Crippen LogP) is 3.51. The number of amides is 1. The van der Waals surface area contributed by atoms with Crippen LogP contribution in [0.3, 0.4) is 0 Å². The number of allylic oxidation sites excluding steroid dienone is 1. The van der Waals surface area contributed by atoms with E-state index in [4.69, 9.17) is 10.1 Å². The van der Waals surface area contributed by atoms with Gasteiger partial charge >= 0.3 is 11.8 Å². The van der Waals surface area contributed by atoms with Gasteiger partial charge in [-0.2, -0.15) is 0 Å². The molecule has 0 aliphatic carbocycles. The maximum Gasteiger partial charge on any atom is 0.410 e. The lowest BCUT2D eigenvalue weighted by atomic mass is 10.0. The van der Waals surface area contributed by atoms with Crippen LogP contribution < -0.4 is 11.0 Å². The zero-order chi connectivity index (χ0) is 21.1. The Labute approximate surface area is 166 Å². The molecule has 0 spiro atoms. The van der Waals surface area contributed by atoms with Gasteiger partial charge in [0.15, 0.2) is 0 Å². The highest BCUT2D eigenvalue weighted by Gasteiger charge is 2.31. The molecular weight excluding hydrogens is 358 g/mol. The van der Waals surface area contributed by atoms with Crippen molar-refractivity contribution in [3.8, 4) is 0 Å². The lowest BCUT2D eigenvalue weighted by Gasteiger charge is -2.34. The van der Waals surface area contributed by atoms with Crippen LogP contribution in [-0.2, 0) is 4.74 Å². The molecule has 28 heavy (non-hydrogen) atoms. The van der Waals surface area contributed by atoms with Crippen molar-refractivity contribution in [1.82, 2.24) is 14.5 Å². The molecule has 0 radical (unpaired) electrons. The first-order valence-corrected chi connectivity index (χ1v) is 9.82. The van der Waals surface area contributed by atoms with Gasteiger partial charge in [-0.25, -0.2) is 9.59 Å². The minimum atomic E-state index is -0.561. The van der Waals surface area contributed by atoms with E-state index in [1.54, 1.807) is 16.5 Å². The number of carbonyl (C=O) groups is 1. The van der Waals surface area contributed by atoms with Crippen LogP contribution in [0.5, 0.6) is 0 Å². The van der Waals surface area contributed by atoms with E-state index in [-0.39, 0.29) is 17.8 Å². The number of aromatic amines is 1. The molecule has 0 unspecified atom stereocenters. The molecule has 0 saturated carbocycles. The van der Waals surface area contributed by atoms with E-state index < -0.39 is 5.60 Å². The summed E-state index contributed by atoms with van der Waals surface area (Å²) in [6.07, 6.45) is 2.40. The quantitative estimate of drug-likeness (QED) is 0.510. The number of carbonyl (C=O) groups excluding carboxylic acids is 1. The summed E-state index contributed by atoms with van der Waals surface area (Å²) < 4.78 is 7.11. The maximum atomic E-state index is 12.7. The second kappa shape index (κ2) is 8.67. The van der Waals surface area contributed by atoms with E-state index in [1.807, 2.05) is 27.7 Å². The normalized spacial score (nSPS) is 17.3. The van der Waals surface area contributed by atoms with Crippen molar-refractivity contribution in [3.05, 3.63) is 28.3 Å². The van der Waals surface area contributed by atoms with Crippen LogP contribution in [0.2, 0.25) is 0 Å². The third kappa shape index (κ3) is 5.05. The number of nitrogens with zero attached hydrogens (tertiary/aromatic N) is 2. The Kier molecular flexibility index (Phi) is 6.74. The summed E-state index contributed by atoms with van der Waals surface area (Å²) in [7, 11) is 1.74. The first-order chi connectivity index (χ1) is 13.1. The van der Waals surface area contributed by atoms with Crippen molar-refractivity contribution < 1.29 is 9.53 Å². The molecule has 1 aliphatic heterocycles. The van der Waals surface area contributed by atoms with Gasteiger partial charge in [0, 0.05) is 26.6 Å². The Morgan fingerprint density at radius 2 is 2.11 bits per heavy atom. The number of anilines is 1. The molecule has 0 aromatic carbocycles. The minimum Gasteiger partial charge on any atom is -0.444 e. The first kappa shape index (κ1) is 21.8. The predicted molar refractivity (Wildman–Crippen MR) is 112 cm³/mol. The van der Waals surface area contributed by atoms with E-state index in [1.165, 1.54) is 0 Å². The van der Waals surface area contributed by atoms with Crippen molar-refractivity contribution in [2.24, 2.45) is 0 Å². The average Bonchev–Trinajstić information content (AvgIpc) is 2.96. The number of likely N-dealkylation sites (tertiary alicyclic amines) is 1. The molecular formula is C20H33N5O3. The number of rotatable bonds is 6. The standard InChI is InChI=1S/C20H33N5O3/c1-7-13(2)11-15(21)16-17(22-6)25(18(26)23-16)14-9-8-10-24(12-14)19(27)28-20(3,4)5/h14,21-22H,2,7-12H2,1,3-6H3,(H,23,26)/t14-/m1/s1. The van der Waals surface area contributed by atoms with Gasteiger partial charge in [0.25, 0.3) is 0 Å². The fraction of sp³-hybridized carbons (Fsp3) is 0.650. The van der Waals surface area contributed by atoms with Crippen molar-refractivity contribution in [2.75, 3.05) is 25.5 Å². The molecule has 3 N–H and O–H groups in total. The Hall–Kier alpha value is -2.51. The molecule has 1 aromatic heterocycles. The number of H-pyrrole nitrogens is 1. The molecule has 8 nitrogen and oxygen atoms in total. The monoisotopic (exact) mass is 391 g/mol. The summed E-state index contributed by atoms with van der Waals surface area (Å²) in [6, 6.07) is -0.177. The van der Waals surface area contributed by atoms with Crippen molar-refractivity contribution in [2.45, 2.75) is 65.0 Å². The van der Waals surface area contributed by atoms with Crippen molar-refractivity contribution >= 4 is 17.6 Å². The maximum absolute atomic E-state index is 12.7. The average molecular weight is 392 g/mol. The molecule has 1 aliphatic rings. The van der Waals surface area contributed by atoms with Gasteiger partial charge < -0.3 is 25.3 Å². The van der Waals surface area contributed by atoms with Crippen LogP contribution in [-0.4, -0.2) is 52.0 Å². The Morgan fingerprint density at radius 1 is 1.43 bits per heavy atom. The molecule has 2 heterocycles. The second-order valence-electron chi connectivity index (χ2n) is 8.26. The van der Waals surface area contributed by atoms with Crippen LogP contribution in [0.4, 0.5) is 10.6 Å². The molecule has 1 aromatic rings. The van der Waals surface area contributed by atoms with Crippen LogP contribution in [0.15, 0.2) is 16.9 Å². The third-order valence-corrected chi connectivity index (χ3v) is 4.81. The van der Waals surface area contributed by atoms with E-state index in [2.05, 4.69) is 16.9 Å². The topological polar surface area (TPSA) is 103 Å². The SMILES string of the molecule is C=C(CC)CC(=N)c1[nH]c(=O)n([C@@H]2CCCN(C(=O)OC(C)(C)C)C2)c1NC. The van der Waals surface area contributed by atoms with E-state index in [0.717, 1.165) is 24.8 Å². The Morgan fingerprint density at radius 3 is 2.68 bits per heavy atom. The van der Waals surface area contributed by atoms with Gasteiger partial charge in [0.1, 0.15) is 17.1 Å². The van der Waals surface area contributed by atoms with Crippen molar-refractivity contribution in [3.63, 3.8) is 0 Å². The zero-order valence-electron chi connectivity index (χ0n) is 17.6. The lowest BCUT2D eigenvalue weighted by molar-refractivity contribution is 0.0172. The Bertz CT molecular complexity index is 800. The number of nitrogens with one attached hydrogen (secondary N) is 3. The lowest BCUT2D eigenvalue weighted by Crippen LogP contribution is -2.44. The minimum absolute atomic E-state index is 0.177. The molecule has 156 valence electrons. The first-order valence-electron chi connectivity index (χ1n) is 9.82. The molecule has 0 bridgehead atoms. The highest BCUT2D eigenvalue weighted by Crippen LogP contribution is 2.27. The van der Waals surface area contributed by atoms with Crippen molar-refractivity contribution in [1.29, 1.82) is 5.41 Å². The summed E-state index contributed by atoms with van der Waals surface area (Å²) >= 11 is 0. The van der Waals surface area contributed by atoms with Gasteiger partial charge in [-0.05, 0) is 40.0 Å². The summed E-state index contributed by atoms with van der Waals surface area (Å²) in [5.74, 6) is 0.579. The number of hydrogen-bond acceptors (Lipinski definition) is 5. The molecule has 8 heteroatoms. The summed E-state index contributed by atoms with van der Waals surface area (Å²) in [6.45, 7) is 12.5. The number of hydrogen-bond donors (Lipinski definition) is 3. The van der Waals surface area contributed by atoms with Gasteiger partial charge in [-0.15, -0.1) is 0 Å². The molecule has 1 fully saturated rings. The second-order valence-corrected chi connectivity index (χ2v) is 8.26. The highest BCUT2D eigenvalue weighted by molar-refractivity contribution is 6.01. The van der Waals surface area contributed by atoms with Gasteiger partial charge in [-0.1, -0.05) is 19.1 Å². The van der Waals surface area contributed by atoms with E-state index >= 15 is 0 Å². The van der Waals surface area contributed by atoms with Crippen LogP contribution >= 0.6 is 0 Å². The summed E-state index contributed by atoms with van der Waals surface area (Å²) in [5.41, 5.74) is 0.912. The van der Waals surface area contributed by atoms with E-state index in [9.17, 15) is 9.59 Å². The highest BCUT2D eigenvalue weighted by atomic mass is 16.6. The number of piperidine rings is 1. The number of imidazole rings is 1. The molecule has 1 atom stereocenters. The van der Waals surface area contributed by atoms with E-state index in [0.29, 0.717) is 36.7 Å². The Balaban J connectivity index is 2.27. The molecule has 2 rings (SSSR count). The summed E-state index contributed by atoms with van der Waals surface area (Å²) in [4.78, 5) is 29.6. The zero-order valence-corrected chi connectivity index (χ0v) is 17.6. The van der Waals surface area contributed by atoms with Crippen LogP contribution in [0, 0.1) is 5.41 Å². The van der Waals surface area contributed by atoms with Crippen LogP contribution in [0.1, 0.15) is 65.1 Å². The fourth-order valence-electron chi connectivity index (χ4n) is 3.38. The molecule has 1 saturated heterocycles. The summed E-state index contributed by atoms with van der Waals surface area (Å²) in [5, 5.41) is 11.4. The van der Waals surface area contributed by atoms with Crippen LogP contribution in [0.25, 0.3) is 0 Å². The fourth-order valence-corrected chi connectivity index (χ4v) is 3.38.